The maximum atomic E-state index is 12.9. The fourth-order valence-electron chi connectivity index (χ4n) is 2.36. The van der Waals surface area contributed by atoms with E-state index in [4.69, 9.17) is 16.3 Å². The number of nitrogens with one attached hydrogen (secondary N) is 1. The van der Waals surface area contributed by atoms with Crippen LogP contribution < -0.4 is 13.8 Å². The Morgan fingerprint density at radius 2 is 1.56 bits per heavy atom. The standard InChI is InChI=1S/C17H21ClN2O5S2/c1-12(2)19-26(21,22)15-9-10-17(25-4)16(11-15)20(3)27(23,24)14-7-5-13(18)6-8-14/h5-12,19H,1-4H3. The van der Waals surface area contributed by atoms with E-state index in [1.54, 1.807) is 13.8 Å². The zero-order valence-corrected chi connectivity index (χ0v) is 17.7. The van der Waals surface area contributed by atoms with E-state index in [-0.39, 0.29) is 27.3 Å². The molecule has 7 nitrogen and oxygen atoms in total. The third kappa shape index (κ3) is 4.73. The normalized spacial score (nSPS) is 12.2. The van der Waals surface area contributed by atoms with E-state index < -0.39 is 20.0 Å². The SMILES string of the molecule is COc1ccc(S(=O)(=O)NC(C)C)cc1N(C)S(=O)(=O)c1ccc(Cl)cc1. The zero-order valence-electron chi connectivity index (χ0n) is 15.3. The summed E-state index contributed by atoms with van der Waals surface area (Å²) in [7, 11) is -5.04. The number of nitrogens with zero attached hydrogens (tertiary/aromatic N) is 1. The Morgan fingerprint density at radius 1 is 1.00 bits per heavy atom. The largest absolute Gasteiger partial charge is 0.495 e. The molecule has 0 amide bonds. The maximum Gasteiger partial charge on any atom is 0.264 e. The highest BCUT2D eigenvalue weighted by Crippen LogP contribution is 2.33. The lowest BCUT2D eigenvalue weighted by Gasteiger charge is -2.22. The Hall–Kier alpha value is -1.81. The molecule has 148 valence electrons. The number of ether oxygens (including phenoxy) is 1. The first-order chi connectivity index (χ1) is 12.5. The smallest absolute Gasteiger partial charge is 0.264 e. The first kappa shape index (κ1) is 21.5. The summed E-state index contributed by atoms with van der Waals surface area (Å²) in [6.07, 6.45) is 0. The average Bonchev–Trinajstić information content (AvgIpc) is 2.59. The lowest BCUT2D eigenvalue weighted by Crippen LogP contribution is -2.31. The second kappa shape index (κ2) is 8.05. The van der Waals surface area contributed by atoms with Crippen LogP contribution in [0.1, 0.15) is 13.8 Å². The minimum absolute atomic E-state index is 0.0185. The van der Waals surface area contributed by atoms with Gasteiger partial charge in [-0.2, -0.15) is 0 Å². The van der Waals surface area contributed by atoms with Gasteiger partial charge in [0.05, 0.1) is 22.6 Å². The highest BCUT2D eigenvalue weighted by Gasteiger charge is 2.26. The topological polar surface area (TPSA) is 92.8 Å². The van der Waals surface area contributed by atoms with Crippen LogP contribution >= 0.6 is 11.6 Å². The molecule has 27 heavy (non-hydrogen) atoms. The number of sulfonamides is 2. The van der Waals surface area contributed by atoms with Crippen molar-refractivity contribution in [2.45, 2.75) is 29.7 Å². The number of methoxy groups -OCH3 is 1. The molecule has 0 atom stereocenters. The molecule has 0 heterocycles. The molecule has 2 aromatic carbocycles. The highest BCUT2D eigenvalue weighted by atomic mass is 35.5. The van der Waals surface area contributed by atoms with Crippen LogP contribution in [-0.4, -0.2) is 37.0 Å². The quantitative estimate of drug-likeness (QED) is 0.726. The summed E-state index contributed by atoms with van der Waals surface area (Å²) in [5, 5.41) is 0.405. The Balaban J connectivity index is 2.55. The minimum Gasteiger partial charge on any atom is -0.495 e. The molecule has 2 aromatic rings. The van der Waals surface area contributed by atoms with Gasteiger partial charge in [0.15, 0.2) is 0 Å². The van der Waals surface area contributed by atoms with Crippen molar-refractivity contribution < 1.29 is 21.6 Å². The lowest BCUT2D eigenvalue weighted by atomic mass is 10.3. The molecule has 0 aliphatic heterocycles. The molecule has 2 rings (SSSR count). The summed E-state index contributed by atoms with van der Waals surface area (Å²) >= 11 is 5.82. The van der Waals surface area contributed by atoms with Crippen LogP contribution in [-0.2, 0) is 20.0 Å². The maximum absolute atomic E-state index is 12.9. The number of hydrogen-bond donors (Lipinski definition) is 1. The summed E-state index contributed by atoms with van der Waals surface area (Å²) < 4.78 is 59.4. The highest BCUT2D eigenvalue weighted by molar-refractivity contribution is 7.92. The molecule has 0 spiro atoms. The van der Waals surface area contributed by atoms with Crippen LogP contribution in [0.25, 0.3) is 0 Å². The molecule has 10 heteroatoms. The summed E-state index contributed by atoms with van der Waals surface area (Å²) in [5.41, 5.74) is 0.0964. The van der Waals surface area contributed by atoms with Gasteiger partial charge < -0.3 is 4.74 Å². The number of rotatable bonds is 7. The molecule has 0 aromatic heterocycles. The van der Waals surface area contributed by atoms with Gasteiger partial charge in [-0.3, -0.25) is 4.31 Å². The average molecular weight is 433 g/mol. The van der Waals surface area contributed by atoms with Crippen molar-refractivity contribution in [1.29, 1.82) is 0 Å². The molecule has 0 unspecified atom stereocenters. The van der Waals surface area contributed by atoms with Gasteiger partial charge >= 0.3 is 0 Å². The summed E-state index contributed by atoms with van der Waals surface area (Å²) in [6.45, 7) is 3.39. The molecule has 1 N–H and O–H groups in total. The van der Waals surface area contributed by atoms with Crippen molar-refractivity contribution in [1.82, 2.24) is 4.72 Å². The molecule has 0 aliphatic rings. The van der Waals surface area contributed by atoms with E-state index in [0.717, 1.165) is 4.31 Å². The van der Waals surface area contributed by atoms with Crippen LogP contribution in [0.15, 0.2) is 52.3 Å². The van der Waals surface area contributed by atoms with E-state index in [2.05, 4.69) is 4.72 Å². The van der Waals surface area contributed by atoms with Gasteiger partial charge in [0.2, 0.25) is 10.0 Å². The van der Waals surface area contributed by atoms with Crippen molar-refractivity contribution in [3.8, 4) is 5.75 Å². The van der Waals surface area contributed by atoms with Crippen LogP contribution in [0.5, 0.6) is 5.75 Å². The first-order valence-electron chi connectivity index (χ1n) is 7.94. The monoisotopic (exact) mass is 432 g/mol. The van der Waals surface area contributed by atoms with Gasteiger partial charge in [-0.25, -0.2) is 21.6 Å². The number of benzene rings is 2. The number of anilines is 1. The summed E-state index contributed by atoms with van der Waals surface area (Å²) in [5.74, 6) is 0.221. The Morgan fingerprint density at radius 3 is 2.07 bits per heavy atom. The van der Waals surface area contributed by atoms with Gasteiger partial charge in [-0.05, 0) is 56.3 Å². The molecular formula is C17H21ClN2O5S2. The molecule has 0 radical (unpaired) electrons. The van der Waals surface area contributed by atoms with Gasteiger partial charge in [-0.1, -0.05) is 11.6 Å². The molecule has 0 saturated carbocycles. The predicted molar refractivity (Wildman–Crippen MR) is 105 cm³/mol. The second-order valence-corrected chi connectivity index (χ2v) is 10.2. The van der Waals surface area contributed by atoms with Crippen LogP contribution in [0.3, 0.4) is 0 Å². The van der Waals surface area contributed by atoms with Gasteiger partial charge in [0.1, 0.15) is 5.75 Å². The number of hydrogen-bond acceptors (Lipinski definition) is 5. The van der Waals surface area contributed by atoms with Gasteiger partial charge in [-0.15, -0.1) is 0 Å². The molecule has 0 saturated heterocycles. The van der Waals surface area contributed by atoms with Crippen LogP contribution in [0, 0.1) is 0 Å². The van der Waals surface area contributed by atoms with Crippen molar-refractivity contribution in [2.75, 3.05) is 18.5 Å². The fourth-order valence-corrected chi connectivity index (χ4v) is 4.95. The van der Waals surface area contributed by atoms with E-state index >= 15 is 0 Å². The van der Waals surface area contributed by atoms with Crippen molar-refractivity contribution in [3.63, 3.8) is 0 Å². The minimum atomic E-state index is -3.95. The second-order valence-electron chi connectivity index (χ2n) is 6.04. The summed E-state index contributed by atoms with van der Waals surface area (Å²) in [4.78, 5) is -0.0461. The van der Waals surface area contributed by atoms with E-state index in [0.29, 0.717) is 5.02 Å². The zero-order chi connectivity index (χ0) is 20.4. The van der Waals surface area contributed by atoms with E-state index in [9.17, 15) is 16.8 Å². The van der Waals surface area contributed by atoms with Crippen molar-refractivity contribution >= 4 is 37.3 Å². The summed E-state index contributed by atoms with van der Waals surface area (Å²) in [6, 6.07) is 9.41. The third-order valence-corrected chi connectivity index (χ3v) is 7.36. The third-order valence-electron chi connectivity index (χ3n) is 3.66. The lowest BCUT2D eigenvalue weighted by molar-refractivity contribution is 0.415. The Kier molecular flexibility index (Phi) is 6.41. The van der Waals surface area contributed by atoms with Crippen LogP contribution in [0.2, 0.25) is 5.02 Å². The van der Waals surface area contributed by atoms with Gasteiger partial charge in [0, 0.05) is 18.1 Å². The van der Waals surface area contributed by atoms with Gasteiger partial charge in [0.25, 0.3) is 10.0 Å². The molecule has 0 bridgehead atoms. The first-order valence-corrected chi connectivity index (χ1v) is 11.2. The molecule has 0 fully saturated rings. The fraction of sp³-hybridized carbons (Fsp3) is 0.294. The molecule has 0 aliphatic carbocycles. The predicted octanol–water partition coefficient (Wildman–Crippen LogP) is 2.86. The van der Waals surface area contributed by atoms with E-state index in [1.807, 2.05) is 0 Å². The van der Waals surface area contributed by atoms with Crippen LogP contribution in [0.4, 0.5) is 5.69 Å². The van der Waals surface area contributed by atoms with Crippen molar-refractivity contribution in [2.24, 2.45) is 0 Å². The molecular weight excluding hydrogens is 412 g/mol. The van der Waals surface area contributed by atoms with E-state index in [1.165, 1.54) is 56.6 Å². The Bertz CT molecular complexity index is 1020. The number of halogens is 1. The Labute approximate surface area is 165 Å². The van der Waals surface area contributed by atoms with Crippen molar-refractivity contribution in [3.05, 3.63) is 47.5 Å².